The Morgan fingerprint density at radius 2 is 1.96 bits per heavy atom. The van der Waals surface area contributed by atoms with E-state index in [9.17, 15) is 9.18 Å². The van der Waals surface area contributed by atoms with Crippen molar-refractivity contribution in [3.8, 4) is 0 Å². The molecular formula is C18H20FN5OS. The van der Waals surface area contributed by atoms with Crippen LogP contribution in [-0.2, 0) is 11.2 Å². The Morgan fingerprint density at radius 1 is 1.27 bits per heavy atom. The van der Waals surface area contributed by atoms with Crippen molar-refractivity contribution in [3.63, 3.8) is 0 Å². The van der Waals surface area contributed by atoms with Gasteiger partial charge in [-0.3, -0.25) is 4.79 Å². The lowest BCUT2D eigenvalue weighted by molar-refractivity contribution is -0.121. The van der Waals surface area contributed by atoms with Gasteiger partial charge in [-0.15, -0.1) is 5.10 Å². The lowest BCUT2D eigenvalue weighted by atomic mass is 10.1. The third-order valence-electron chi connectivity index (χ3n) is 4.30. The molecule has 1 unspecified atom stereocenters. The van der Waals surface area contributed by atoms with Gasteiger partial charge in [0.1, 0.15) is 5.82 Å². The minimum Gasteiger partial charge on any atom is -0.349 e. The average Bonchev–Trinajstić information content (AvgIpc) is 3.02. The van der Waals surface area contributed by atoms with E-state index in [-0.39, 0.29) is 24.2 Å². The summed E-state index contributed by atoms with van der Waals surface area (Å²) in [5, 5.41) is 7.98. The summed E-state index contributed by atoms with van der Waals surface area (Å²) < 4.78 is 14.7. The standard InChI is InChI=1S/C18H20FN5OS/c1-10(13-5-7-14(19)8-6-13)20-16(25)9-15-11(2)21-17-22-18(26-4)23-24(17)12(15)3/h5-8,10H,9H2,1-4H3,(H,20,25). The molecule has 1 atom stereocenters. The number of hydrogen-bond acceptors (Lipinski definition) is 5. The van der Waals surface area contributed by atoms with Gasteiger partial charge in [0.2, 0.25) is 11.1 Å². The number of nitrogens with zero attached hydrogens (tertiary/aromatic N) is 4. The van der Waals surface area contributed by atoms with E-state index in [0.29, 0.717) is 10.9 Å². The van der Waals surface area contributed by atoms with E-state index in [4.69, 9.17) is 0 Å². The van der Waals surface area contributed by atoms with Crippen LogP contribution in [0.2, 0.25) is 0 Å². The first-order chi connectivity index (χ1) is 12.4. The number of carbonyl (C=O) groups is 1. The van der Waals surface area contributed by atoms with E-state index in [1.165, 1.54) is 23.9 Å². The third-order valence-corrected chi connectivity index (χ3v) is 4.84. The minimum absolute atomic E-state index is 0.126. The second-order valence-electron chi connectivity index (χ2n) is 6.09. The Labute approximate surface area is 155 Å². The van der Waals surface area contributed by atoms with E-state index >= 15 is 0 Å². The molecule has 26 heavy (non-hydrogen) atoms. The molecule has 3 aromatic rings. The van der Waals surface area contributed by atoms with Crippen molar-refractivity contribution >= 4 is 23.4 Å². The van der Waals surface area contributed by atoms with Crippen LogP contribution in [0.1, 0.15) is 35.5 Å². The monoisotopic (exact) mass is 373 g/mol. The van der Waals surface area contributed by atoms with Gasteiger partial charge in [-0.25, -0.2) is 13.9 Å². The Hall–Kier alpha value is -2.48. The number of amides is 1. The van der Waals surface area contributed by atoms with Gasteiger partial charge in [-0.2, -0.15) is 4.98 Å². The number of hydrogen-bond donors (Lipinski definition) is 1. The predicted molar refractivity (Wildman–Crippen MR) is 98.7 cm³/mol. The first kappa shape index (κ1) is 18.3. The zero-order valence-electron chi connectivity index (χ0n) is 15.1. The van der Waals surface area contributed by atoms with E-state index in [1.807, 2.05) is 27.0 Å². The topological polar surface area (TPSA) is 72.2 Å². The number of carbonyl (C=O) groups excluding carboxylic acids is 1. The number of fused-ring (bicyclic) bond motifs is 1. The van der Waals surface area contributed by atoms with Gasteiger partial charge in [0.25, 0.3) is 5.78 Å². The number of halogens is 1. The smallest absolute Gasteiger partial charge is 0.253 e. The summed E-state index contributed by atoms with van der Waals surface area (Å²) >= 11 is 1.45. The Balaban J connectivity index is 1.79. The quantitative estimate of drug-likeness (QED) is 0.696. The van der Waals surface area contributed by atoms with Crippen molar-refractivity contribution in [1.29, 1.82) is 0 Å². The molecule has 2 heterocycles. The number of benzene rings is 1. The van der Waals surface area contributed by atoms with Gasteiger partial charge in [0.15, 0.2) is 0 Å². The molecule has 0 radical (unpaired) electrons. The molecule has 0 saturated carbocycles. The van der Waals surface area contributed by atoms with Crippen LogP contribution in [-0.4, -0.2) is 31.7 Å². The molecule has 1 N–H and O–H groups in total. The van der Waals surface area contributed by atoms with Gasteiger partial charge in [0.05, 0.1) is 12.5 Å². The SMILES string of the molecule is CSc1nc2nc(C)c(CC(=O)NC(C)c3ccc(F)cc3)c(C)n2n1. The van der Waals surface area contributed by atoms with Crippen LogP contribution in [0.5, 0.6) is 0 Å². The Bertz CT molecular complexity index is 954. The molecule has 0 aliphatic heterocycles. The molecule has 8 heteroatoms. The molecule has 1 aromatic carbocycles. The van der Waals surface area contributed by atoms with Gasteiger partial charge in [0, 0.05) is 17.0 Å². The summed E-state index contributed by atoms with van der Waals surface area (Å²) in [6.07, 6.45) is 2.10. The zero-order chi connectivity index (χ0) is 18.8. The summed E-state index contributed by atoms with van der Waals surface area (Å²) in [6.45, 7) is 5.65. The molecule has 0 saturated heterocycles. The normalized spacial score (nSPS) is 12.3. The summed E-state index contributed by atoms with van der Waals surface area (Å²) in [4.78, 5) is 21.3. The highest BCUT2D eigenvalue weighted by atomic mass is 32.2. The molecule has 0 spiro atoms. The van der Waals surface area contributed by atoms with Gasteiger partial charge >= 0.3 is 0 Å². The molecule has 136 valence electrons. The number of thioether (sulfide) groups is 1. The largest absolute Gasteiger partial charge is 0.349 e. The zero-order valence-corrected chi connectivity index (χ0v) is 15.9. The van der Waals surface area contributed by atoms with Gasteiger partial charge in [-0.05, 0) is 44.7 Å². The number of aryl methyl sites for hydroxylation is 2. The van der Waals surface area contributed by atoms with Crippen molar-refractivity contribution in [1.82, 2.24) is 24.9 Å². The van der Waals surface area contributed by atoms with Crippen LogP contribution in [0, 0.1) is 19.7 Å². The molecule has 3 rings (SSSR count). The first-order valence-electron chi connectivity index (χ1n) is 8.20. The second kappa shape index (κ2) is 7.41. The van der Waals surface area contributed by atoms with Crippen LogP contribution >= 0.6 is 11.8 Å². The molecule has 0 aliphatic rings. The number of aromatic nitrogens is 4. The van der Waals surface area contributed by atoms with Crippen LogP contribution in [0.25, 0.3) is 5.78 Å². The highest BCUT2D eigenvalue weighted by molar-refractivity contribution is 7.98. The number of rotatable bonds is 5. The van der Waals surface area contributed by atoms with Crippen molar-refractivity contribution in [2.24, 2.45) is 0 Å². The van der Waals surface area contributed by atoms with Crippen molar-refractivity contribution < 1.29 is 9.18 Å². The third kappa shape index (κ3) is 3.70. The van der Waals surface area contributed by atoms with Crippen LogP contribution in [0.3, 0.4) is 0 Å². The highest BCUT2D eigenvalue weighted by Gasteiger charge is 2.17. The van der Waals surface area contributed by atoms with E-state index in [2.05, 4.69) is 20.4 Å². The fourth-order valence-electron chi connectivity index (χ4n) is 2.82. The fraction of sp³-hybridized carbons (Fsp3) is 0.333. The Kier molecular flexibility index (Phi) is 5.22. The molecule has 0 aliphatic carbocycles. The van der Waals surface area contributed by atoms with E-state index in [0.717, 1.165) is 22.5 Å². The van der Waals surface area contributed by atoms with E-state index in [1.54, 1.807) is 16.6 Å². The maximum absolute atomic E-state index is 13.0. The van der Waals surface area contributed by atoms with Crippen LogP contribution < -0.4 is 5.32 Å². The summed E-state index contributed by atoms with van der Waals surface area (Å²) in [5.74, 6) is 0.114. The predicted octanol–water partition coefficient (Wildman–Crippen LogP) is 3.02. The van der Waals surface area contributed by atoms with Crippen molar-refractivity contribution in [2.75, 3.05) is 6.26 Å². The average molecular weight is 373 g/mol. The maximum atomic E-state index is 13.0. The minimum atomic E-state index is -0.296. The molecule has 1 amide bonds. The maximum Gasteiger partial charge on any atom is 0.253 e. The van der Waals surface area contributed by atoms with Crippen LogP contribution in [0.15, 0.2) is 29.4 Å². The fourth-order valence-corrected chi connectivity index (χ4v) is 3.16. The lowest BCUT2D eigenvalue weighted by Crippen LogP contribution is -2.29. The Morgan fingerprint density at radius 3 is 2.62 bits per heavy atom. The van der Waals surface area contributed by atoms with Gasteiger partial charge in [-0.1, -0.05) is 23.9 Å². The molecular weight excluding hydrogens is 353 g/mol. The van der Waals surface area contributed by atoms with Crippen molar-refractivity contribution in [2.45, 2.75) is 38.4 Å². The first-order valence-corrected chi connectivity index (χ1v) is 9.43. The summed E-state index contributed by atoms with van der Waals surface area (Å²) in [5.41, 5.74) is 3.30. The number of nitrogens with one attached hydrogen (secondary N) is 1. The van der Waals surface area contributed by atoms with Gasteiger partial charge < -0.3 is 5.32 Å². The van der Waals surface area contributed by atoms with Crippen molar-refractivity contribution in [3.05, 3.63) is 52.6 Å². The summed E-state index contributed by atoms with van der Waals surface area (Å²) in [6, 6.07) is 5.90. The van der Waals surface area contributed by atoms with Crippen LogP contribution in [0.4, 0.5) is 4.39 Å². The molecule has 0 bridgehead atoms. The molecule has 6 nitrogen and oxygen atoms in total. The molecule has 2 aromatic heterocycles. The lowest BCUT2D eigenvalue weighted by Gasteiger charge is -2.16. The molecule has 0 fully saturated rings. The highest BCUT2D eigenvalue weighted by Crippen LogP contribution is 2.18. The summed E-state index contributed by atoms with van der Waals surface area (Å²) in [7, 11) is 0. The second-order valence-corrected chi connectivity index (χ2v) is 6.86. The van der Waals surface area contributed by atoms with E-state index < -0.39 is 0 Å².